The Bertz CT molecular complexity index is 780. The second kappa shape index (κ2) is 6.46. The summed E-state index contributed by atoms with van der Waals surface area (Å²) in [6.45, 7) is -0.325. The Morgan fingerprint density at radius 2 is 2.04 bits per heavy atom. The maximum absolute atomic E-state index is 12.5. The molecule has 0 fully saturated rings. The topological polar surface area (TPSA) is 59.3 Å². The van der Waals surface area contributed by atoms with Crippen molar-refractivity contribution in [2.24, 2.45) is 5.10 Å². The van der Waals surface area contributed by atoms with Gasteiger partial charge in [0.25, 0.3) is 5.91 Å². The molecule has 0 spiro atoms. The third-order valence-electron chi connectivity index (χ3n) is 3.74. The first-order valence-corrected chi connectivity index (χ1v) is 7.48. The molecular formula is C16H15F3N4O. The maximum Gasteiger partial charge on any atom is 0.435 e. The lowest BCUT2D eigenvalue weighted by Crippen LogP contribution is -2.26. The number of carbonyl (C=O) groups is 1. The number of nitrogens with zero attached hydrogens (tertiary/aromatic N) is 3. The van der Waals surface area contributed by atoms with Gasteiger partial charge in [0.1, 0.15) is 6.54 Å². The molecule has 5 nitrogen and oxygen atoms in total. The van der Waals surface area contributed by atoms with E-state index in [0.717, 1.165) is 47.5 Å². The summed E-state index contributed by atoms with van der Waals surface area (Å²) >= 11 is 0. The van der Waals surface area contributed by atoms with Crippen molar-refractivity contribution in [2.45, 2.75) is 32.0 Å². The number of alkyl halides is 3. The van der Waals surface area contributed by atoms with Gasteiger partial charge in [-0.1, -0.05) is 24.3 Å². The zero-order valence-electron chi connectivity index (χ0n) is 12.7. The summed E-state index contributed by atoms with van der Waals surface area (Å²) in [5.41, 5.74) is 4.33. The molecule has 1 heterocycles. The van der Waals surface area contributed by atoms with Crippen LogP contribution < -0.4 is 5.43 Å². The molecule has 8 heteroatoms. The highest BCUT2D eigenvalue weighted by Crippen LogP contribution is 2.27. The van der Waals surface area contributed by atoms with Crippen molar-refractivity contribution in [3.05, 3.63) is 53.3 Å². The van der Waals surface area contributed by atoms with Crippen LogP contribution in [0.15, 0.2) is 41.6 Å². The Labute approximate surface area is 136 Å². The number of benzene rings is 1. The third kappa shape index (κ3) is 3.64. The molecule has 1 aromatic heterocycles. The van der Waals surface area contributed by atoms with Crippen LogP contribution in [0.25, 0.3) is 0 Å². The van der Waals surface area contributed by atoms with Crippen molar-refractivity contribution in [2.75, 3.05) is 0 Å². The molecule has 2 aromatic rings. The van der Waals surface area contributed by atoms with Crippen molar-refractivity contribution >= 4 is 11.6 Å². The number of fused-ring (bicyclic) bond motifs is 1. The molecule has 1 N–H and O–H groups in total. The SMILES string of the molecule is O=C(Cn1ccc(C(F)(F)F)n1)NN=C1CCCc2ccccc21. The van der Waals surface area contributed by atoms with Crippen LogP contribution in [0, 0.1) is 0 Å². The van der Waals surface area contributed by atoms with Crippen LogP contribution in [-0.4, -0.2) is 21.4 Å². The van der Waals surface area contributed by atoms with Gasteiger partial charge in [0.15, 0.2) is 5.69 Å². The normalized spacial score (nSPS) is 16.0. The number of amides is 1. The summed E-state index contributed by atoms with van der Waals surface area (Å²) in [7, 11) is 0. The first-order chi connectivity index (χ1) is 11.4. The van der Waals surface area contributed by atoms with Gasteiger partial charge in [-0.2, -0.15) is 23.4 Å². The van der Waals surface area contributed by atoms with Crippen LogP contribution in [0.3, 0.4) is 0 Å². The number of hydrogen-bond donors (Lipinski definition) is 1. The number of hydrazone groups is 1. The van der Waals surface area contributed by atoms with Gasteiger partial charge in [0.05, 0.1) is 5.71 Å². The predicted octanol–water partition coefficient (Wildman–Crippen LogP) is 2.76. The van der Waals surface area contributed by atoms with Gasteiger partial charge in [0, 0.05) is 11.8 Å². The molecule has 0 radical (unpaired) electrons. The Morgan fingerprint density at radius 3 is 2.79 bits per heavy atom. The lowest BCUT2D eigenvalue weighted by molar-refractivity contribution is -0.141. The molecule has 0 saturated heterocycles. The van der Waals surface area contributed by atoms with Gasteiger partial charge in [-0.05, 0) is 30.9 Å². The molecule has 1 aliphatic rings. The van der Waals surface area contributed by atoms with E-state index in [2.05, 4.69) is 15.6 Å². The lowest BCUT2D eigenvalue weighted by atomic mass is 9.90. The summed E-state index contributed by atoms with van der Waals surface area (Å²) in [6, 6.07) is 8.66. The predicted molar refractivity (Wildman–Crippen MR) is 81.3 cm³/mol. The van der Waals surface area contributed by atoms with Crippen molar-refractivity contribution in [3.63, 3.8) is 0 Å². The number of halogens is 3. The molecule has 0 aliphatic heterocycles. The van der Waals surface area contributed by atoms with Gasteiger partial charge in [-0.15, -0.1) is 0 Å². The second-order valence-corrected chi connectivity index (χ2v) is 5.50. The van der Waals surface area contributed by atoms with Crippen molar-refractivity contribution in [1.29, 1.82) is 0 Å². The van der Waals surface area contributed by atoms with E-state index in [9.17, 15) is 18.0 Å². The van der Waals surface area contributed by atoms with Gasteiger partial charge < -0.3 is 0 Å². The number of aromatic nitrogens is 2. The molecule has 0 saturated carbocycles. The highest BCUT2D eigenvalue weighted by molar-refractivity contribution is 6.03. The van der Waals surface area contributed by atoms with Crippen LogP contribution in [0.4, 0.5) is 13.2 Å². The summed E-state index contributed by atoms with van der Waals surface area (Å²) < 4.78 is 38.4. The van der Waals surface area contributed by atoms with Crippen LogP contribution >= 0.6 is 0 Å². The van der Waals surface area contributed by atoms with Crippen LogP contribution in [0.5, 0.6) is 0 Å². The largest absolute Gasteiger partial charge is 0.435 e. The number of nitrogens with one attached hydrogen (secondary N) is 1. The number of carbonyl (C=O) groups excluding carboxylic acids is 1. The van der Waals surface area contributed by atoms with E-state index in [4.69, 9.17) is 0 Å². The zero-order valence-corrected chi connectivity index (χ0v) is 12.7. The molecule has 1 aliphatic carbocycles. The van der Waals surface area contributed by atoms with Gasteiger partial charge in [-0.3, -0.25) is 9.48 Å². The fourth-order valence-corrected chi connectivity index (χ4v) is 2.63. The van der Waals surface area contributed by atoms with E-state index in [1.807, 2.05) is 24.3 Å². The summed E-state index contributed by atoms with van der Waals surface area (Å²) in [4.78, 5) is 11.9. The Hall–Kier alpha value is -2.64. The molecule has 0 bridgehead atoms. The van der Waals surface area contributed by atoms with Crippen molar-refractivity contribution < 1.29 is 18.0 Å². The van der Waals surface area contributed by atoms with E-state index in [-0.39, 0.29) is 6.54 Å². The molecule has 126 valence electrons. The minimum absolute atomic E-state index is 0.325. The smallest absolute Gasteiger partial charge is 0.271 e. The van der Waals surface area contributed by atoms with E-state index in [1.54, 1.807) is 0 Å². The second-order valence-electron chi connectivity index (χ2n) is 5.50. The Morgan fingerprint density at radius 1 is 1.25 bits per heavy atom. The summed E-state index contributed by atoms with van der Waals surface area (Å²) in [5.74, 6) is -0.526. The highest BCUT2D eigenvalue weighted by Gasteiger charge is 2.33. The van der Waals surface area contributed by atoms with Crippen molar-refractivity contribution in [3.8, 4) is 0 Å². The van der Waals surface area contributed by atoms with E-state index < -0.39 is 17.8 Å². The first kappa shape index (κ1) is 16.2. The zero-order chi connectivity index (χ0) is 17.2. The molecule has 0 atom stereocenters. The summed E-state index contributed by atoms with van der Waals surface area (Å²) in [6.07, 6.45) is -0.743. The van der Waals surface area contributed by atoms with Crippen molar-refractivity contribution in [1.82, 2.24) is 15.2 Å². The molecule has 1 amide bonds. The minimum atomic E-state index is -4.52. The average molecular weight is 336 g/mol. The number of rotatable bonds is 3. The quantitative estimate of drug-likeness (QED) is 0.876. The van der Waals surface area contributed by atoms with Gasteiger partial charge in [-0.25, -0.2) is 5.43 Å². The summed E-state index contributed by atoms with van der Waals surface area (Å²) in [5, 5.41) is 7.46. The van der Waals surface area contributed by atoms with E-state index >= 15 is 0 Å². The lowest BCUT2D eigenvalue weighted by Gasteiger charge is -2.17. The first-order valence-electron chi connectivity index (χ1n) is 7.48. The fraction of sp³-hybridized carbons (Fsp3) is 0.312. The molecule has 24 heavy (non-hydrogen) atoms. The Balaban J connectivity index is 1.65. The third-order valence-corrected chi connectivity index (χ3v) is 3.74. The highest BCUT2D eigenvalue weighted by atomic mass is 19.4. The minimum Gasteiger partial charge on any atom is -0.271 e. The number of aryl methyl sites for hydroxylation is 1. The Kier molecular flexibility index (Phi) is 4.37. The maximum atomic E-state index is 12.5. The van der Waals surface area contributed by atoms with Crippen LogP contribution in [0.1, 0.15) is 29.7 Å². The molecular weight excluding hydrogens is 321 g/mol. The fourth-order valence-electron chi connectivity index (χ4n) is 2.63. The van der Waals surface area contributed by atoms with Crippen LogP contribution in [0.2, 0.25) is 0 Å². The van der Waals surface area contributed by atoms with Gasteiger partial charge >= 0.3 is 6.18 Å². The van der Waals surface area contributed by atoms with Gasteiger partial charge in [0.2, 0.25) is 0 Å². The van der Waals surface area contributed by atoms with E-state index in [0.29, 0.717) is 0 Å². The molecule has 3 rings (SSSR count). The van der Waals surface area contributed by atoms with Crippen LogP contribution in [-0.2, 0) is 23.9 Å². The molecule has 1 aromatic carbocycles. The average Bonchev–Trinajstić information content (AvgIpc) is 3.01. The molecule has 0 unspecified atom stereocenters. The van der Waals surface area contributed by atoms with E-state index in [1.165, 1.54) is 5.56 Å². The monoisotopic (exact) mass is 336 g/mol. The standard InChI is InChI=1S/C16H15F3N4O/c17-16(18,19)14-8-9-23(22-14)10-15(24)21-20-13-7-3-5-11-4-1-2-6-12(11)13/h1-2,4,6,8-9H,3,5,7,10H2,(H,21,24). The number of hydrogen-bond acceptors (Lipinski definition) is 3.